The molecular formula is C16H11BrCl2FNO4. The molecule has 9 heteroatoms. The summed E-state index contributed by atoms with van der Waals surface area (Å²) in [4.78, 5) is 25.5. The smallest absolute Gasteiger partial charge is 0.355 e. The average molecular weight is 451 g/mol. The van der Waals surface area contributed by atoms with Gasteiger partial charge in [0.25, 0.3) is 0 Å². The topological polar surface area (TPSA) is 55.8 Å². The molecule has 25 heavy (non-hydrogen) atoms. The standard InChI is InChI=1S/C16H11BrCl2FNO4/c1-24-15(22)8-5-3-4-6-21(13(8)16(23)25-2)14-9(17)7-10(18)11(19)12(14)20/h3-7H,1-2H3. The first kappa shape index (κ1) is 19.5. The van der Waals surface area contributed by atoms with E-state index in [1.54, 1.807) is 0 Å². The van der Waals surface area contributed by atoms with Gasteiger partial charge in [0.05, 0.1) is 35.5 Å². The van der Waals surface area contributed by atoms with Crippen molar-refractivity contribution in [1.29, 1.82) is 0 Å². The molecule has 1 aliphatic heterocycles. The minimum Gasteiger partial charge on any atom is -0.465 e. The van der Waals surface area contributed by atoms with E-state index in [2.05, 4.69) is 15.9 Å². The molecule has 1 aliphatic rings. The first-order valence-corrected chi connectivity index (χ1v) is 8.26. The third-order valence-corrected chi connectivity index (χ3v) is 4.59. The molecule has 0 saturated carbocycles. The summed E-state index contributed by atoms with van der Waals surface area (Å²) in [5, 5.41) is -0.335. The number of anilines is 1. The summed E-state index contributed by atoms with van der Waals surface area (Å²) < 4.78 is 24.4. The van der Waals surface area contributed by atoms with E-state index in [0.717, 1.165) is 19.1 Å². The lowest BCUT2D eigenvalue weighted by Crippen LogP contribution is -2.28. The fourth-order valence-corrected chi connectivity index (χ4v) is 3.18. The van der Waals surface area contributed by atoms with Gasteiger partial charge in [-0.15, -0.1) is 0 Å². The van der Waals surface area contributed by atoms with Gasteiger partial charge in [-0.2, -0.15) is 0 Å². The van der Waals surface area contributed by atoms with Crippen LogP contribution in [0, 0.1) is 5.82 Å². The van der Waals surface area contributed by atoms with Crippen LogP contribution in [0.5, 0.6) is 0 Å². The monoisotopic (exact) mass is 449 g/mol. The first-order chi connectivity index (χ1) is 11.8. The minimum atomic E-state index is -0.877. The molecule has 0 fully saturated rings. The summed E-state index contributed by atoms with van der Waals surface area (Å²) in [5.41, 5.74) is -0.467. The molecule has 1 aromatic carbocycles. The van der Waals surface area contributed by atoms with Crippen LogP contribution < -0.4 is 4.90 Å². The van der Waals surface area contributed by atoms with E-state index in [9.17, 15) is 14.0 Å². The van der Waals surface area contributed by atoms with Crippen molar-refractivity contribution >= 4 is 56.8 Å². The summed E-state index contributed by atoms with van der Waals surface area (Å²) in [5.74, 6) is -2.53. The van der Waals surface area contributed by atoms with Crippen LogP contribution in [0.25, 0.3) is 0 Å². The number of carbonyl (C=O) groups excluding carboxylic acids is 2. The molecule has 0 aliphatic carbocycles. The fraction of sp³-hybridized carbons (Fsp3) is 0.125. The molecule has 132 valence electrons. The lowest BCUT2D eigenvalue weighted by molar-refractivity contribution is -0.139. The zero-order chi connectivity index (χ0) is 18.7. The van der Waals surface area contributed by atoms with Crippen molar-refractivity contribution in [2.45, 2.75) is 0 Å². The number of halogens is 4. The van der Waals surface area contributed by atoms with Crippen LogP contribution in [0.3, 0.4) is 0 Å². The van der Waals surface area contributed by atoms with E-state index in [0.29, 0.717) is 0 Å². The van der Waals surface area contributed by atoms with Gasteiger partial charge < -0.3 is 14.4 Å². The molecule has 0 spiro atoms. The number of esters is 2. The van der Waals surface area contributed by atoms with Gasteiger partial charge in [-0.1, -0.05) is 29.3 Å². The summed E-state index contributed by atoms with van der Waals surface area (Å²) in [6, 6.07) is 1.38. The number of hydrogen-bond donors (Lipinski definition) is 0. The van der Waals surface area contributed by atoms with Gasteiger partial charge in [0.15, 0.2) is 5.82 Å². The number of ether oxygens (including phenoxy) is 2. The Hall–Kier alpha value is -1.83. The van der Waals surface area contributed by atoms with Crippen molar-refractivity contribution in [2.75, 3.05) is 19.1 Å². The molecule has 5 nitrogen and oxygen atoms in total. The largest absolute Gasteiger partial charge is 0.465 e. The van der Waals surface area contributed by atoms with E-state index in [4.69, 9.17) is 32.7 Å². The SMILES string of the molecule is COC(=O)C1=C(C(=O)OC)N(c2c(Br)cc(Cl)c(Cl)c2F)C=CC=C1. The maximum atomic E-state index is 14.8. The Morgan fingerprint density at radius 1 is 1.16 bits per heavy atom. The number of allylic oxidation sites excluding steroid dienone is 2. The zero-order valence-corrected chi connectivity index (χ0v) is 16.1. The van der Waals surface area contributed by atoms with Gasteiger partial charge in [-0.05, 0) is 34.1 Å². The summed E-state index contributed by atoms with van der Waals surface area (Å²) in [6.45, 7) is 0. The van der Waals surface area contributed by atoms with E-state index in [-0.39, 0.29) is 31.5 Å². The number of nitrogens with zero attached hydrogens (tertiary/aromatic N) is 1. The van der Waals surface area contributed by atoms with Crippen molar-refractivity contribution in [3.05, 3.63) is 62.1 Å². The average Bonchev–Trinajstić information content (AvgIpc) is 2.81. The van der Waals surface area contributed by atoms with Crippen LogP contribution in [0.4, 0.5) is 10.1 Å². The van der Waals surface area contributed by atoms with Crippen molar-refractivity contribution in [2.24, 2.45) is 0 Å². The van der Waals surface area contributed by atoms with Gasteiger partial charge in [0, 0.05) is 10.7 Å². The molecule has 1 heterocycles. The Morgan fingerprint density at radius 3 is 2.40 bits per heavy atom. The number of hydrogen-bond acceptors (Lipinski definition) is 5. The predicted molar refractivity (Wildman–Crippen MR) is 95.9 cm³/mol. The van der Waals surface area contributed by atoms with Crippen LogP contribution in [-0.2, 0) is 19.1 Å². The highest BCUT2D eigenvalue weighted by molar-refractivity contribution is 9.10. The molecule has 0 bridgehead atoms. The van der Waals surface area contributed by atoms with Gasteiger partial charge in [-0.3, -0.25) is 0 Å². The maximum absolute atomic E-state index is 14.8. The Kier molecular flexibility index (Phi) is 6.26. The Balaban J connectivity index is 2.81. The quantitative estimate of drug-likeness (QED) is 0.388. The van der Waals surface area contributed by atoms with E-state index < -0.39 is 17.8 Å². The molecule has 0 aromatic heterocycles. The molecule has 2 rings (SSSR count). The highest BCUT2D eigenvalue weighted by atomic mass is 79.9. The van der Waals surface area contributed by atoms with Crippen molar-refractivity contribution in [3.63, 3.8) is 0 Å². The summed E-state index contributed by atoms with van der Waals surface area (Å²) >= 11 is 14.9. The number of rotatable bonds is 3. The Labute approximate surface area is 161 Å². The highest BCUT2D eigenvalue weighted by Gasteiger charge is 2.31. The molecule has 0 radical (unpaired) electrons. The third kappa shape index (κ3) is 3.73. The van der Waals surface area contributed by atoms with E-state index in [1.165, 1.54) is 30.5 Å². The second-order valence-electron chi connectivity index (χ2n) is 4.63. The van der Waals surface area contributed by atoms with Crippen molar-refractivity contribution < 1.29 is 23.5 Å². The van der Waals surface area contributed by atoms with Gasteiger partial charge in [0.2, 0.25) is 0 Å². The Bertz CT molecular complexity index is 836. The number of carbonyl (C=O) groups is 2. The van der Waals surface area contributed by atoms with Crippen LogP contribution in [0.2, 0.25) is 10.0 Å². The van der Waals surface area contributed by atoms with Gasteiger partial charge in [0.1, 0.15) is 5.70 Å². The second-order valence-corrected chi connectivity index (χ2v) is 6.27. The zero-order valence-electron chi connectivity index (χ0n) is 13.0. The summed E-state index contributed by atoms with van der Waals surface area (Å²) in [6.07, 6.45) is 5.75. The van der Waals surface area contributed by atoms with E-state index >= 15 is 0 Å². The number of methoxy groups -OCH3 is 2. The number of benzene rings is 1. The minimum absolute atomic E-state index is 0.0106. The maximum Gasteiger partial charge on any atom is 0.355 e. The fourth-order valence-electron chi connectivity index (χ4n) is 2.11. The van der Waals surface area contributed by atoms with Crippen molar-refractivity contribution in [1.82, 2.24) is 0 Å². The van der Waals surface area contributed by atoms with Crippen LogP contribution in [0.15, 0.2) is 46.2 Å². The Morgan fingerprint density at radius 2 is 1.80 bits per heavy atom. The highest BCUT2D eigenvalue weighted by Crippen LogP contribution is 2.41. The molecule has 0 atom stereocenters. The summed E-state index contributed by atoms with van der Waals surface area (Å²) in [7, 11) is 2.30. The van der Waals surface area contributed by atoms with Crippen LogP contribution in [0.1, 0.15) is 0 Å². The lowest BCUT2D eigenvalue weighted by atomic mass is 10.1. The van der Waals surface area contributed by atoms with Crippen LogP contribution >= 0.6 is 39.1 Å². The predicted octanol–water partition coefficient (Wildman–Crippen LogP) is 4.39. The van der Waals surface area contributed by atoms with Gasteiger partial charge in [-0.25, -0.2) is 14.0 Å². The molecule has 1 aromatic rings. The molecule has 0 amide bonds. The second kappa shape index (κ2) is 8.03. The first-order valence-electron chi connectivity index (χ1n) is 6.71. The van der Waals surface area contributed by atoms with Gasteiger partial charge >= 0.3 is 11.9 Å². The van der Waals surface area contributed by atoms with Crippen molar-refractivity contribution in [3.8, 4) is 0 Å². The molecule has 0 N–H and O–H groups in total. The molecule has 0 unspecified atom stereocenters. The van der Waals surface area contributed by atoms with Crippen LogP contribution in [-0.4, -0.2) is 26.2 Å². The normalized spacial score (nSPS) is 13.8. The van der Waals surface area contributed by atoms with E-state index in [1.807, 2.05) is 0 Å². The molecular weight excluding hydrogens is 440 g/mol. The molecule has 0 saturated heterocycles. The lowest BCUT2D eigenvalue weighted by Gasteiger charge is -2.25. The third-order valence-electron chi connectivity index (χ3n) is 3.22.